The zero-order valence-corrected chi connectivity index (χ0v) is 6.52. The van der Waals surface area contributed by atoms with E-state index in [9.17, 15) is 0 Å². The first-order valence-corrected chi connectivity index (χ1v) is 4.48. The number of aliphatic hydroxyl groups is 1. The van der Waals surface area contributed by atoms with Crippen molar-refractivity contribution in [3.8, 4) is 0 Å². The largest absolute Gasteiger partial charge is 0.393 e. The summed E-state index contributed by atoms with van der Waals surface area (Å²) in [7, 11) is 0. The van der Waals surface area contributed by atoms with Crippen molar-refractivity contribution in [1.29, 1.82) is 0 Å². The lowest BCUT2D eigenvalue weighted by Crippen LogP contribution is -2.30. The standard InChI is InChI=1S/C6H13NOS/c1-9-7-4-2-6(8)3-5-7/h6,8H,2-5H2,1H3. The van der Waals surface area contributed by atoms with Crippen LogP contribution in [0.5, 0.6) is 0 Å². The van der Waals surface area contributed by atoms with Gasteiger partial charge < -0.3 is 5.11 Å². The Bertz CT molecular complexity index is 81.1. The smallest absolute Gasteiger partial charge is 0.0565 e. The van der Waals surface area contributed by atoms with Crippen molar-refractivity contribution in [3.05, 3.63) is 0 Å². The molecule has 0 saturated carbocycles. The van der Waals surface area contributed by atoms with Crippen molar-refractivity contribution in [2.45, 2.75) is 18.9 Å². The van der Waals surface area contributed by atoms with Gasteiger partial charge in [-0.15, -0.1) is 0 Å². The van der Waals surface area contributed by atoms with Crippen molar-refractivity contribution < 1.29 is 5.11 Å². The topological polar surface area (TPSA) is 23.5 Å². The summed E-state index contributed by atoms with van der Waals surface area (Å²) >= 11 is 1.77. The third kappa shape index (κ3) is 2.16. The highest BCUT2D eigenvalue weighted by atomic mass is 32.2. The van der Waals surface area contributed by atoms with Crippen LogP contribution in [-0.4, -0.2) is 34.9 Å². The van der Waals surface area contributed by atoms with E-state index in [4.69, 9.17) is 5.11 Å². The first kappa shape index (κ1) is 7.38. The molecule has 0 aliphatic carbocycles. The number of hydrogen-bond acceptors (Lipinski definition) is 3. The Morgan fingerprint density at radius 2 is 2.00 bits per heavy atom. The predicted molar refractivity (Wildman–Crippen MR) is 40.3 cm³/mol. The summed E-state index contributed by atoms with van der Waals surface area (Å²) in [5.74, 6) is 0. The molecule has 0 aromatic rings. The van der Waals surface area contributed by atoms with Crippen LogP contribution in [0.25, 0.3) is 0 Å². The van der Waals surface area contributed by atoms with Gasteiger partial charge in [0.05, 0.1) is 6.10 Å². The second-order valence-electron chi connectivity index (χ2n) is 2.34. The van der Waals surface area contributed by atoms with Crippen LogP contribution in [0.1, 0.15) is 12.8 Å². The first-order valence-electron chi connectivity index (χ1n) is 3.30. The lowest BCUT2D eigenvalue weighted by molar-refractivity contribution is 0.116. The molecule has 0 amide bonds. The average molecular weight is 147 g/mol. The normalized spacial score (nSPS) is 24.7. The Morgan fingerprint density at radius 1 is 1.44 bits per heavy atom. The van der Waals surface area contributed by atoms with E-state index in [-0.39, 0.29) is 6.10 Å². The molecule has 1 saturated heterocycles. The van der Waals surface area contributed by atoms with Crippen LogP contribution in [0.15, 0.2) is 0 Å². The zero-order valence-electron chi connectivity index (χ0n) is 5.71. The van der Waals surface area contributed by atoms with Crippen LogP contribution in [0.3, 0.4) is 0 Å². The molecule has 0 atom stereocenters. The zero-order chi connectivity index (χ0) is 6.69. The maximum absolute atomic E-state index is 9.09. The molecule has 54 valence electrons. The minimum Gasteiger partial charge on any atom is -0.393 e. The summed E-state index contributed by atoms with van der Waals surface area (Å²) in [4.78, 5) is 0. The third-order valence-electron chi connectivity index (χ3n) is 1.68. The predicted octanol–water partition coefficient (Wildman–Crippen LogP) is 0.721. The lowest BCUT2D eigenvalue weighted by Gasteiger charge is -2.26. The quantitative estimate of drug-likeness (QED) is 0.553. The fraction of sp³-hybridized carbons (Fsp3) is 1.00. The van der Waals surface area contributed by atoms with Crippen LogP contribution >= 0.6 is 11.9 Å². The molecule has 9 heavy (non-hydrogen) atoms. The van der Waals surface area contributed by atoms with Crippen LogP contribution in [0.2, 0.25) is 0 Å². The maximum atomic E-state index is 9.09. The molecule has 1 fully saturated rings. The lowest BCUT2D eigenvalue weighted by atomic mass is 10.1. The van der Waals surface area contributed by atoms with Crippen molar-refractivity contribution in [2.75, 3.05) is 19.3 Å². The van der Waals surface area contributed by atoms with Crippen molar-refractivity contribution >= 4 is 11.9 Å². The van der Waals surface area contributed by atoms with Crippen LogP contribution in [-0.2, 0) is 0 Å². The van der Waals surface area contributed by atoms with Gasteiger partial charge in [0.1, 0.15) is 0 Å². The molecular formula is C6H13NOS. The van der Waals surface area contributed by atoms with E-state index in [1.165, 1.54) is 0 Å². The highest BCUT2D eigenvalue weighted by Gasteiger charge is 2.15. The maximum Gasteiger partial charge on any atom is 0.0565 e. The molecule has 1 heterocycles. The average Bonchev–Trinajstić information content (AvgIpc) is 1.90. The van der Waals surface area contributed by atoms with Gasteiger partial charge in [-0.25, -0.2) is 0 Å². The summed E-state index contributed by atoms with van der Waals surface area (Å²) in [6, 6.07) is 0. The minimum atomic E-state index is -0.0339. The van der Waals surface area contributed by atoms with Crippen LogP contribution in [0, 0.1) is 0 Å². The minimum absolute atomic E-state index is 0.0339. The Kier molecular flexibility index (Phi) is 2.82. The van der Waals surface area contributed by atoms with Gasteiger partial charge in [-0.1, -0.05) is 11.9 Å². The van der Waals surface area contributed by atoms with Gasteiger partial charge in [0, 0.05) is 13.1 Å². The van der Waals surface area contributed by atoms with Gasteiger partial charge in [-0.05, 0) is 19.1 Å². The molecule has 0 aromatic heterocycles. The summed E-state index contributed by atoms with van der Waals surface area (Å²) in [6.07, 6.45) is 3.94. The van der Waals surface area contributed by atoms with Gasteiger partial charge >= 0.3 is 0 Å². The van der Waals surface area contributed by atoms with E-state index in [0.29, 0.717) is 0 Å². The van der Waals surface area contributed by atoms with Gasteiger partial charge in [0.25, 0.3) is 0 Å². The highest BCUT2D eigenvalue weighted by molar-refractivity contribution is 7.96. The van der Waals surface area contributed by atoms with E-state index in [1.807, 2.05) is 0 Å². The third-order valence-corrected chi connectivity index (χ3v) is 2.56. The van der Waals surface area contributed by atoms with Crippen molar-refractivity contribution in [3.63, 3.8) is 0 Å². The molecular weight excluding hydrogens is 134 g/mol. The van der Waals surface area contributed by atoms with Gasteiger partial charge in [0.15, 0.2) is 0 Å². The Hall–Kier alpha value is 0.270. The van der Waals surface area contributed by atoms with Crippen molar-refractivity contribution in [2.24, 2.45) is 0 Å². The van der Waals surface area contributed by atoms with Crippen molar-refractivity contribution in [1.82, 2.24) is 4.31 Å². The number of nitrogens with zero attached hydrogens (tertiary/aromatic N) is 1. The SMILES string of the molecule is CSN1CCC(O)CC1. The molecule has 0 aromatic carbocycles. The van der Waals surface area contributed by atoms with E-state index >= 15 is 0 Å². The van der Waals surface area contributed by atoms with Gasteiger partial charge in [-0.2, -0.15) is 0 Å². The van der Waals surface area contributed by atoms with Crippen LogP contribution < -0.4 is 0 Å². The van der Waals surface area contributed by atoms with Gasteiger partial charge in [-0.3, -0.25) is 4.31 Å². The summed E-state index contributed by atoms with van der Waals surface area (Å²) < 4.78 is 2.28. The Morgan fingerprint density at radius 3 is 2.44 bits per heavy atom. The van der Waals surface area contributed by atoms with E-state index in [0.717, 1.165) is 25.9 Å². The van der Waals surface area contributed by atoms with E-state index in [2.05, 4.69) is 10.6 Å². The van der Waals surface area contributed by atoms with Crippen LogP contribution in [0.4, 0.5) is 0 Å². The van der Waals surface area contributed by atoms with Gasteiger partial charge in [0.2, 0.25) is 0 Å². The molecule has 0 unspecified atom stereocenters. The molecule has 1 rings (SSSR count). The number of hydrogen-bond donors (Lipinski definition) is 1. The molecule has 0 radical (unpaired) electrons. The number of rotatable bonds is 1. The molecule has 0 spiro atoms. The summed E-state index contributed by atoms with van der Waals surface area (Å²) in [5.41, 5.74) is 0. The van der Waals surface area contributed by atoms with E-state index in [1.54, 1.807) is 11.9 Å². The second-order valence-corrected chi connectivity index (χ2v) is 3.22. The molecule has 1 aliphatic heterocycles. The molecule has 1 N–H and O–H groups in total. The first-order chi connectivity index (χ1) is 4.33. The summed E-state index contributed by atoms with van der Waals surface area (Å²) in [6.45, 7) is 2.09. The molecule has 3 heteroatoms. The molecule has 1 aliphatic rings. The Labute approximate surface area is 60.4 Å². The monoisotopic (exact) mass is 147 g/mol. The second kappa shape index (κ2) is 3.44. The molecule has 0 bridgehead atoms. The fourth-order valence-electron chi connectivity index (χ4n) is 1.02. The Balaban J connectivity index is 2.18. The summed E-state index contributed by atoms with van der Waals surface area (Å²) in [5, 5.41) is 9.09. The number of piperidine rings is 1. The molecule has 2 nitrogen and oxygen atoms in total. The fourth-order valence-corrected chi connectivity index (χ4v) is 1.60. The van der Waals surface area contributed by atoms with E-state index < -0.39 is 0 Å². The number of aliphatic hydroxyl groups excluding tert-OH is 1. The highest BCUT2D eigenvalue weighted by Crippen LogP contribution is 2.15.